The van der Waals surface area contributed by atoms with Crippen LogP contribution in [0, 0.1) is 12.7 Å². The molecule has 1 aromatic heterocycles. The Kier molecular flexibility index (Phi) is 6.84. The predicted octanol–water partition coefficient (Wildman–Crippen LogP) is 4.50. The molecule has 2 fully saturated rings. The van der Waals surface area contributed by atoms with Crippen LogP contribution in [0.25, 0.3) is 11.5 Å². The number of rotatable bonds is 7. The third-order valence-corrected chi connectivity index (χ3v) is 6.12. The number of nitrogens with one attached hydrogen (secondary N) is 1. The van der Waals surface area contributed by atoms with Crippen molar-refractivity contribution in [3.8, 4) is 11.5 Å². The lowest BCUT2D eigenvalue weighted by Crippen LogP contribution is -2.28. The van der Waals surface area contributed by atoms with Crippen molar-refractivity contribution in [1.82, 2.24) is 10.3 Å². The highest BCUT2D eigenvalue weighted by molar-refractivity contribution is 8.18. The van der Waals surface area contributed by atoms with E-state index < -0.39 is 0 Å². The molecule has 1 aliphatic heterocycles. The first-order valence-electron chi connectivity index (χ1n) is 10.2. The van der Waals surface area contributed by atoms with Crippen LogP contribution in [0.1, 0.15) is 37.1 Å². The van der Waals surface area contributed by atoms with Crippen LogP contribution in [0.15, 0.2) is 39.7 Å². The van der Waals surface area contributed by atoms with E-state index in [0.29, 0.717) is 28.7 Å². The number of carbonyl (C=O) groups excluding carboxylic acids is 2. The smallest absolute Gasteiger partial charge is 0.290 e. The molecule has 1 N–H and O–H groups in total. The Morgan fingerprint density at radius 2 is 1.97 bits per heavy atom. The maximum atomic E-state index is 13.1. The summed E-state index contributed by atoms with van der Waals surface area (Å²) in [6, 6.07) is 6.01. The van der Waals surface area contributed by atoms with Gasteiger partial charge in [0.2, 0.25) is 5.89 Å². The maximum absolute atomic E-state index is 13.1. The summed E-state index contributed by atoms with van der Waals surface area (Å²) >= 11 is 0.891. The highest BCUT2D eigenvalue weighted by Crippen LogP contribution is 2.27. The molecular formula is C22H23FN2O5S. The number of hydrogen-bond donors (Lipinski definition) is 1. The van der Waals surface area contributed by atoms with E-state index in [1.165, 1.54) is 12.1 Å². The third kappa shape index (κ3) is 5.61. The summed E-state index contributed by atoms with van der Waals surface area (Å²) in [4.78, 5) is 27.6. The van der Waals surface area contributed by atoms with Gasteiger partial charge in [0.15, 0.2) is 0 Å². The van der Waals surface area contributed by atoms with E-state index in [-0.39, 0.29) is 35.8 Å². The molecule has 0 bridgehead atoms. The zero-order valence-corrected chi connectivity index (χ0v) is 17.9. The number of thioether (sulfide) groups is 1. The standard InChI is InChI=1S/C22H23FN2O5S/c1-13-18(24-21(30-13)14-5-7-15(23)8-6-14)12-29-17-4-2-3-16(11-17)28-10-9-19-20(26)25-22(27)31-19/h5-9,16-17H,2-4,10-12H2,1H3,(H,25,26,27)/t16-,17+/m1/s1. The van der Waals surface area contributed by atoms with E-state index >= 15 is 0 Å². The molecule has 2 amide bonds. The molecule has 0 unspecified atom stereocenters. The second-order valence-corrected chi connectivity index (χ2v) is 8.51. The quantitative estimate of drug-likeness (QED) is 0.626. The Balaban J connectivity index is 1.27. The molecule has 1 aliphatic carbocycles. The molecule has 1 saturated carbocycles. The van der Waals surface area contributed by atoms with Crippen molar-refractivity contribution in [2.45, 2.75) is 51.4 Å². The highest BCUT2D eigenvalue weighted by atomic mass is 32.2. The van der Waals surface area contributed by atoms with Gasteiger partial charge in [-0.15, -0.1) is 0 Å². The van der Waals surface area contributed by atoms with Crippen molar-refractivity contribution >= 4 is 22.9 Å². The molecule has 2 heterocycles. The van der Waals surface area contributed by atoms with Gasteiger partial charge in [-0.05, 0) is 74.7 Å². The fraction of sp³-hybridized carbons (Fsp3) is 0.409. The summed E-state index contributed by atoms with van der Waals surface area (Å²) in [5.41, 5.74) is 1.44. The maximum Gasteiger partial charge on any atom is 0.290 e. The zero-order valence-electron chi connectivity index (χ0n) is 17.1. The van der Waals surface area contributed by atoms with Gasteiger partial charge in [0, 0.05) is 5.56 Å². The number of imide groups is 1. The van der Waals surface area contributed by atoms with Crippen LogP contribution in [0.4, 0.5) is 9.18 Å². The molecule has 164 valence electrons. The third-order valence-electron chi connectivity index (χ3n) is 5.26. The zero-order chi connectivity index (χ0) is 21.8. The van der Waals surface area contributed by atoms with Crippen molar-refractivity contribution < 1.29 is 27.9 Å². The molecule has 31 heavy (non-hydrogen) atoms. The summed E-state index contributed by atoms with van der Waals surface area (Å²) in [5, 5.41) is 1.87. The van der Waals surface area contributed by atoms with Crippen LogP contribution in [0.5, 0.6) is 0 Å². The summed E-state index contributed by atoms with van der Waals surface area (Å²) in [7, 11) is 0. The number of aromatic nitrogens is 1. The van der Waals surface area contributed by atoms with Gasteiger partial charge in [0.25, 0.3) is 11.1 Å². The Bertz CT molecular complexity index is 988. The van der Waals surface area contributed by atoms with Gasteiger partial charge in [0.1, 0.15) is 17.3 Å². The van der Waals surface area contributed by atoms with E-state index in [2.05, 4.69) is 10.3 Å². The molecular weight excluding hydrogens is 423 g/mol. The van der Waals surface area contributed by atoms with Crippen molar-refractivity contribution in [2.75, 3.05) is 6.61 Å². The number of benzene rings is 1. The molecule has 2 aromatic rings. The van der Waals surface area contributed by atoms with Crippen LogP contribution in [0.3, 0.4) is 0 Å². The number of hydrogen-bond acceptors (Lipinski definition) is 7. The van der Waals surface area contributed by atoms with E-state index in [1.807, 2.05) is 6.92 Å². The van der Waals surface area contributed by atoms with Gasteiger partial charge in [-0.3, -0.25) is 14.9 Å². The Morgan fingerprint density at radius 1 is 1.23 bits per heavy atom. The van der Waals surface area contributed by atoms with Crippen molar-refractivity contribution in [1.29, 1.82) is 0 Å². The SMILES string of the molecule is Cc1oc(-c2ccc(F)cc2)nc1CO[C@H]1CCC[C@@H](OCC=C2SC(=O)NC2=O)C1. The minimum Gasteiger partial charge on any atom is -0.441 e. The molecule has 2 aliphatic rings. The first kappa shape index (κ1) is 21.7. The van der Waals surface area contributed by atoms with Crippen LogP contribution in [0.2, 0.25) is 0 Å². The second-order valence-electron chi connectivity index (χ2n) is 7.50. The predicted molar refractivity (Wildman–Crippen MR) is 113 cm³/mol. The Morgan fingerprint density at radius 3 is 2.68 bits per heavy atom. The first-order chi connectivity index (χ1) is 15.0. The van der Waals surface area contributed by atoms with E-state index in [9.17, 15) is 14.0 Å². The van der Waals surface area contributed by atoms with Gasteiger partial charge in [-0.1, -0.05) is 0 Å². The summed E-state index contributed by atoms with van der Waals surface area (Å²) < 4.78 is 30.8. The van der Waals surface area contributed by atoms with Crippen LogP contribution < -0.4 is 5.32 Å². The molecule has 2 atom stereocenters. The Labute approximate surface area is 183 Å². The first-order valence-corrected chi connectivity index (χ1v) is 11.0. The number of ether oxygens (including phenoxy) is 2. The fourth-order valence-electron chi connectivity index (χ4n) is 3.60. The Hall–Kier alpha value is -2.49. The number of amides is 2. The van der Waals surface area contributed by atoms with E-state index in [1.54, 1.807) is 18.2 Å². The molecule has 0 radical (unpaired) electrons. The van der Waals surface area contributed by atoms with Crippen molar-refractivity contribution in [3.63, 3.8) is 0 Å². The fourth-order valence-corrected chi connectivity index (χ4v) is 4.24. The molecule has 7 nitrogen and oxygen atoms in total. The van der Waals surface area contributed by atoms with Gasteiger partial charge < -0.3 is 13.9 Å². The van der Waals surface area contributed by atoms with Gasteiger partial charge in [-0.2, -0.15) is 0 Å². The monoisotopic (exact) mass is 446 g/mol. The highest BCUT2D eigenvalue weighted by Gasteiger charge is 2.26. The molecule has 9 heteroatoms. The number of carbonyl (C=O) groups is 2. The summed E-state index contributed by atoms with van der Waals surface area (Å²) in [6.45, 7) is 2.45. The number of oxazole rings is 1. The average Bonchev–Trinajstić information content (AvgIpc) is 3.28. The summed E-state index contributed by atoms with van der Waals surface area (Å²) in [5.74, 6) is 0.448. The van der Waals surface area contributed by atoms with E-state index in [4.69, 9.17) is 13.9 Å². The molecule has 4 rings (SSSR count). The second kappa shape index (κ2) is 9.76. The molecule has 1 saturated heterocycles. The largest absolute Gasteiger partial charge is 0.441 e. The van der Waals surface area contributed by atoms with Crippen molar-refractivity contribution in [2.24, 2.45) is 0 Å². The minimum absolute atomic E-state index is 0.0361. The lowest BCUT2D eigenvalue weighted by molar-refractivity contribution is -0.115. The summed E-state index contributed by atoms with van der Waals surface area (Å²) in [6.07, 6.45) is 5.33. The molecule has 0 spiro atoms. The van der Waals surface area contributed by atoms with Crippen LogP contribution in [-0.4, -0.2) is 34.9 Å². The average molecular weight is 447 g/mol. The van der Waals surface area contributed by atoms with E-state index in [0.717, 1.165) is 43.1 Å². The van der Waals surface area contributed by atoms with Crippen molar-refractivity contribution in [3.05, 3.63) is 52.5 Å². The van der Waals surface area contributed by atoms with Gasteiger partial charge in [0.05, 0.1) is 30.3 Å². The minimum atomic E-state index is -0.369. The number of aryl methyl sites for hydroxylation is 1. The van der Waals surface area contributed by atoms with Crippen LogP contribution in [-0.2, 0) is 20.9 Å². The number of nitrogens with zero attached hydrogens (tertiary/aromatic N) is 1. The lowest BCUT2D eigenvalue weighted by atomic mass is 9.95. The topological polar surface area (TPSA) is 90.7 Å². The normalized spacial score (nSPS) is 22.8. The van der Waals surface area contributed by atoms with Crippen LogP contribution >= 0.6 is 11.8 Å². The lowest BCUT2D eigenvalue weighted by Gasteiger charge is -2.28. The van der Waals surface area contributed by atoms with Gasteiger partial charge in [-0.25, -0.2) is 9.37 Å². The van der Waals surface area contributed by atoms with Gasteiger partial charge >= 0.3 is 0 Å². The molecule has 1 aromatic carbocycles. The number of halogens is 1.